The van der Waals surface area contributed by atoms with E-state index in [1.807, 2.05) is 0 Å². The molecule has 0 bridgehead atoms. The maximum absolute atomic E-state index is 12.2. The number of carbonyl (C=O) groups excluding carboxylic acids is 3. The van der Waals surface area contributed by atoms with Gasteiger partial charge in [0.1, 0.15) is 6.61 Å². The lowest BCUT2D eigenvalue weighted by atomic mass is 10.2. The second-order valence-corrected chi connectivity index (χ2v) is 5.63. The van der Waals surface area contributed by atoms with Gasteiger partial charge in [-0.25, -0.2) is 9.59 Å². The number of nitrogens with one attached hydrogen (secondary N) is 2. The molecular formula is C18H24N2O6. The van der Waals surface area contributed by atoms with E-state index in [-0.39, 0.29) is 18.2 Å². The quantitative estimate of drug-likeness (QED) is 0.540. The van der Waals surface area contributed by atoms with Crippen molar-refractivity contribution in [1.82, 2.24) is 10.6 Å². The summed E-state index contributed by atoms with van der Waals surface area (Å²) < 4.78 is 15.7. The van der Waals surface area contributed by atoms with Crippen molar-refractivity contribution in [2.75, 3.05) is 13.7 Å². The molecule has 3 amide bonds. The fourth-order valence-corrected chi connectivity index (χ4v) is 1.86. The number of ether oxygens (including phenoxy) is 3. The van der Waals surface area contributed by atoms with E-state index in [0.29, 0.717) is 11.5 Å². The number of amides is 3. The smallest absolute Gasteiger partial charge is 0.339 e. The number of urea groups is 1. The molecule has 1 atom stereocenters. The number of carbonyl (C=O) groups is 3. The SMILES string of the molecule is C=CCOc1ccc(C(=O)OC(C)C(=O)NC(=O)NC(C)C)cc1OC. The van der Waals surface area contributed by atoms with Gasteiger partial charge in [0.25, 0.3) is 5.91 Å². The van der Waals surface area contributed by atoms with E-state index in [9.17, 15) is 14.4 Å². The van der Waals surface area contributed by atoms with Crippen LogP contribution in [0.15, 0.2) is 30.9 Å². The minimum atomic E-state index is -1.15. The normalized spacial score (nSPS) is 11.3. The van der Waals surface area contributed by atoms with Gasteiger partial charge < -0.3 is 19.5 Å². The zero-order valence-electron chi connectivity index (χ0n) is 15.3. The highest BCUT2D eigenvalue weighted by molar-refractivity contribution is 5.98. The van der Waals surface area contributed by atoms with Crippen LogP contribution in [0.1, 0.15) is 31.1 Å². The van der Waals surface area contributed by atoms with E-state index in [1.54, 1.807) is 26.0 Å². The number of hydrogen-bond acceptors (Lipinski definition) is 6. The molecule has 142 valence electrons. The van der Waals surface area contributed by atoms with Crippen LogP contribution in [-0.2, 0) is 9.53 Å². The van der Waals surface area contributed by atoms with Crippen LogP contribution in [0, 0.1) is 0 Å². The first-order chi connectivity index (χ1) is 12.3. The zero-order valence-corrected chi connectivity index (χ0v) is 15.3. The summed E-state index contributed by atoms with van der Waals surface area (Å²) in [5.74, 6) is -0.672. The van der Waals surface area contributed by atoms with Crippen LogP contribution >= 0.6 is 0 Å². The molecule has 1 aromatic carbocycles. The Morgan fingerprint density at radius 3 is 2.46 bits per heavy atom. The van der Waals surface area contributed by atoms with Crippen molar-refractivity contribution in [2.45, 2.75) is 32.9 Å². The Kier molecular flexibility index (Phi) is 8.14. The highest BCUT2D eigenvalue weighted by atomic mass is 16.5. The van der Waals surface area contributed by atoms with Crippen molar-refractivity contribution in [3.05, 3.63) is 36.4 Å². The zero-order chi connectivity index (χ0) is 19.7. The molecule has 8 nitrogen and oxygen atoms in total. The molecule has 0 aliphatic heterocycles. The van der Waals surface area contributed by atoms with Crippen LogP contribution in [0.25, 0.3) is 0 Å². The number of methoxy groups -OCH3 is 1. The van der Waals surface area contributed by atoms with Gasteiger partial charge in [-0.15, -0.1) is 0 Å². The molecule has 0 aliphatic carbocycles. The minimum absolute atomic E-state index is 0.130. The van der Waals surface area contributed by atoms with Crippen molar-refractivity contribution >= 4 is 17.9 Å². The van der Waals surface area contributed by atoms with Crippen molar-refractivity contribution in [3.8, 4) is 11.5 Å². The first-order valence-electron chi connectivity index (χ1n) is 8.02. The molecular weight excluding hydrogens is 340 g/mol. The van der Waals surface area contributed by atoms with Crippen LogP contribution in [0.5, 0.6) is 11.5 Å². The maximum atomic E-state index is 12.2. The van der Waals surface area contributed by atoms with Gasteiger partial charge in [0.2, 0.25) is 0 Å². The molecule has 0 radical (unpaired) electrons. The Labute approximate surface area is 152 Å². The molecule has 1 rings (SSSR count). The van der Waals surface area contributed by atoms with Crippen LogP contribution in [0.4, 0.5) is 4.79 Å². The van der Waals surface area contributed by atoms with E-state index < -0.39 is 24.0 Å². The predicted molar refractivity (Wildman–Crippen MR) is 95.4 cm³/mol. The average Bonchev–Trinajstić information content (AvgIpc) is 2.58. The number of esters is 1. The molecule has 0 fully saturated rings. The van der Waals surface area contributed by atoms with E-state index in [4.69, 9.17) is 14.2 Å². The Morgan fingerprint density at radius 1 is 1.19 bits per heavy atom. The summed E-state index contributed by atoms with van der Waals surface area (Å²) in [7, 11) is 1.44. The van der Waals surface area contributed by atoms with Gasteiger partial charge >= 0.3 is 12.0 Å². The molecule has 0 saturated heterocycles. The lowest BCUT2D eigenvalue weighted by Crippen LogP contribution is -2.46. The third-order valence-corrected chi connectivity index (χ3v) is 3.07. The van der Waals surface area contributed by atoms with Crippen LogP contribution in [0.2, 0.25) is 0 Å². The van der Waals surface area contributed by atoms with E-state index in [1.165, 1.54) is 26.2 Å². The highest BCUT2D eigenvalue weighted by Gasteiger charge is 2.22. The average molecular weight is 364 g/mol. The van der Waals surface area contributed by atoms with Crippen molar-refractivity contribution < 1.29 is 28.6 Å². The van der Waals surface area contributed by atoms with Gasteiger partial charge in [-0.2, -0.15) is 0 Å². The van der Waals surface area contributed by atoms with Gasteiger partial charge in [-0.3, -0.25) is 10.1 Å². The van der Waals surface area contributed by atoms with Gasteiger partial charge in [-0.1, -0.05) is 12.7 Å². The summed E-state index contributed by atoms with van der Waals surface area (Å²) in [6.45, 7) is 8.72. The summed E-state index contributed by atoms with van der Waals surface area (Å²) in [5, 5.41) is 4.61. The monoisotopic (exact) mass is 364 g/mol. The molecule has 0 spiro atoms. The van der Waals surface area contributed by atoms with Crippen LogP contribution in [-0.4, -0.2) is 43.8 Å². The minimum Gasteiger partial charge on any atom is -0.493 e. The molecule has 2 N–H and O–H groups in total. The topological polar surface area (TPSA) is 103 Å². The second kappa shape index (κ2) is 10.1. The molecule has 8 heteroatoms. The highest BCUT2D eigenvalue weighted by Crippen LogP contribution is 2.28. The van der Waals surface area contributed by atoms with E-state index in [2.05, 4.69) is 17.2 Å². The third-order valence-electron chi connectivity index (χ3n) is 3.07. The second-order valence-electron chi connectivity index (χ2n) is 5.63. The van der Waals surface area contributed by atoms with Crippen molar-refractivity contribution in [3.63, 3.8) is 0 Å². The lowest BCUT2D eigenvalue weighted by molar-refractivity contribution is -0.127. The predicted octanol–water partition coefficient (Wildman–Crippen LogP) is 2.04. The van der Waals surface area contributed by atoms with Gasteiger partial charge in [-0.05, 0) is 39.0 Å². The number of benzene rings is 1. The summed E-state index contributed by atoms with van der Waals surface area (Å²) in [6, 6.07) is 3.70. The Balaban J connectivity index is 2.72. The molecule has 1 unspecified atom stereocenters. The summed E-state index contributed by atoms with van der Waals surface area (Å²) in [4.78, 5) is 35.6. The van der Waals surface area contributed by atoms with Gasteiger partial charge in [0.05, 0.1) is 12.7 Å². The third kappa shape index (κ3) is 6.46. The summed E-state index contributed by atoms with van der Waals surface area (Å²) in [5.41, 5.74) is 0.180. The number of hydrogen-bond donors (Lipinski definition) is 2. The lowest BCUT2D eigenvalue weighted by Gasteiger charge is -2.15. The summed E-state index contributed by atoms with van der Waals surface area (Å²) >= 11 is 0. The maximum Gasteiger partial charge on any atom is 0.339 e. The molecule has 0 aromatic heterocycles. The fraction of sp³-hybridized carbons (Fsp3) is 0.389. The first kappa shape index (κ1) is 21.0. The van der Waals surface area contributed by atoms with Crippen LogP contribution in [0.3, 0.4) is 0 Å². The van der Waals surface area contributed by atoms with E-state index in [0.717, 1.165) is 0 Å². The molecule has 0 aliphatic rings. The molecule has 0 saturated carbocycles. The van der Waals surface area contributed by atoms with Gasteiger partial charge in [0, 0.05) is 6.04 Å². The Bertz CT molecular complexity index is 672. The van der Waals surface area contributed by atoms with Gasteiger partial charge in [0.15, 0.2) is 17.6 Å². The summed E-state index contributed by atoms with van der Waals surface area (Å²) in [6.07, 6.45) is 0.431. The Hall–Kier alpha value is -3.03. The number of imide groups is 1. The Morgan fingerprint density at radius 2 is 1.88 bits per heavy atom. The van der Waals surface area contributed by atoms with E-state index >= 15 is 0 Å². The van der Waals surface area contributed by atoms with Crippen molar-refractivity contribution in [2.24, 2.45) is 0 Å². The fourth-order valence-electron chi connectivity index (χ4n) is 1.86. The van der Waals surface area contributed by atoms with Crippen molar-refractivity contribution in [1.29, 1.82) is 0 Å². The standard InChI is InChI=1S/C18H24N2O6/c1-6-9-25-14-8-7-13(10-15(14)24-5)17(22)26-12(4)16(21)20-18(23)19-11(2)3/h6-8,10-12H,1,9H2,2-5H3,(H2,19,20,21,23). The molecule has 0 heterocycles. The molecule has 1 aromatic rings. The largest absolute Gasteiger partial charge is 0.493 e. The first-order valence-corrected chi connectivity index (χ1v) is 8.02. The number of rotatable bonds is 8. The molecule has 26 heavy (non-hydrogen) atoms. The van der Waals surface area contributed by atoms with Crippen LogP contribution < -0.4 is 20.1 Å².